The van der Waals surface area contributed by atoms with E-state index in [2.05, 4.69) is 14.2 Å². The maximum Gasteiger partial charge on any atom is 0.323 e. The molecule has 210 valence electrons. The predicted molar refractivity (Wildman–Crippen MR) is 144 cm³/mol. The number of rotatable bonds is 14. The molecule has 0 aliphatic rings. The molecule has 1 atom stereocenters. The summed E-state index contributed by atoms with van der Waals surface area (Å²) in [5.74, 6) is -0.0109. The fourth-order valence-electron chi connectivity index (χ4n) is 4.10. The zero-order valence-corrected chi connectivity index (χ0v) is 23.0. The van der Waals surface area contributed by atoms with Crippen LogP contribution in [0.4, 0.5) is 0 Å². The number of carbonyl (C=O) groups is 2. The average molecular weight is 560 g/mol. The molecule has 2 N–H and O–H groups in total. The summed E-state index contributed by atoms with van der Waals surface area (Å²) in [4.78, 5) is 23.6. The number of sulfonamides is 1. The molecule has 0 spiro atoms. The number of ether oxygens (including phenoxy) is 4. The number of aliphatic hydroxyl groups is 1. The molecule has 0 saturated heterocycles. The molecule has 39 heavy (non-hydrogen) atoms. The zero-order valence-electron chi connectivity index (χ0n) is 22.1. The van der Waals surface area contributed by atoms with Crippen LogP contribution < -0.4 is 14.2 Å². The molecule has 0 saturated carbocycles. The van der Waals surface area contributed by atoms with E-state index in [0.717, 1.165) is 29.0 Å². The quantitative estimate of drug-likeness (QED) is 0.226. The monoisotopic (exact) mass is 559 g/mol. The Labute approximate surface area is 227 Å². The van der Waals surface area contributed by atoms with E-state index in [9.17, 15) is 18.0 Å². The van der Waals surface area contributed by atoms with Crippen LogP contribution in [0.25, 0.3) is 10.8 Å². The van der Waals surface area contributed by atoms with Gasteiger partial charge >= 0.3 is 11.9 Å². The van der Waals surface area contributed by atoms with E-state index in [-0.39, 0.29) is 24.3 Å². The molecule has 3 aromatic carbocycles. The molecule has 0 heterocycles. The normalized spacial score (nSPS) is 12.1. The standard InChI is InChI=1S/C28H33NO9S/c1-35-24-14-10-20(27-22(24)6-4-7-25(27)38-17-5-16-30)18-19-8-11-21(12-9-19)39(33,34)29-23(28(32)37-3)13-15-26(31)36-2/h4,6-12,14,23,29-30H,5,13,15-18H2,1-3H3. The summed E-state index contributed by atoms with van der Waals surface area (Å²) in [5, 5.41) is 10.9. The highest BCUT2D eigenvalue weighted by Crippen LogP contribution is 2.36. The highest BCUT2D eigenvalue weighted by molar-refractivity contribution is 7.89. The Bertz CT molecular complexity index is 1390. The molecule has 3 aromatic rings. The van der Waals surface area contributed by atoms with E-state index >= 15 is 0 Å². The smallest absolute Gasteiger partial charge is 0.323 e. The van der Waals surface area contributed by atoms with Gasteiger partial charge in [0, 0.05) is 30.2 Å². The summed E-state index contributed by atoms with van der Waals surface area (Å²) >= 11 is 0. The molecule has 0 amide bonds. The van der Waals surface area contributed by atoms with Gasteiger partial charge in [-0.25, -0.2) is 8.42 Å². The lowest BCUT2D eigenvalue weighted by Gasteiger charge is -2.17. The molecule has 0 radical (unpaired) electrons. The van der Waals surface area contributed by atoms with Crippen molar-refractivity contribution in [3.63, 3.8) is 0 Å². The van der Waals surface area contributed by atoms with Crippen LogP contribution in [0.15, 0.2) is 59.5 Å². The van der Waals surface area contributed by atoms with E-state index < -0.39 is 28.0 Å². The second kappa shape index (κ2) is 13.9. The minimum atomic E-state index is -4.08. The molecule has 0 aromatic heterocycles. The Morgan fingerprint density at radius 3 is 2.33 bits per heavy atom. The number of hydrogen-bond acceptors (Lipinski definition) is 9. The number of fused-ring (bicyclic) bond motifs is 1. The van der Waals surface area contributed by atoms with Gasteiger partial charge in [-0.1, -0.05) is 30.3 Å². The second-order valence-electron chi connectivity index (χ2n) is 8.66. The number of esters is 2. The zero-order chi connectivity index (χ0) is 28.4. The molecule has 10 nitrogen and oxygen atoms in total. The van der Waals surface area contributed by atoms with Crippen molar-refractivity contribution in [2.24, 2.45) is 0 Å². The summed E-state index contributed by atoms with van der Waals surface area (Å²) in [7, 11) is -0.133. The van der Waals surface area contributed by atoms with Crippen molar-refractivity contribution >= 4 is 32.7 Å². The topological polar surface area (TPSA) is 137 Å². The maximum atomic E-state index is 13.0. The van der Waals surface area contributed by atoms with Crippen molar-refractivity contribution in [2.45, 2.75) is 36.6 Å². The molecule has 0 aliphatic heterocycles. The van der Waals surface area contributed by atoms with E-state index in [1.165, 1.54) is 19.2 Å². The van der Waals surface area contributed by atoms with E-state index in [4.69, 9.17) is 14.6 Å². The van der Waals surface area contributed by atoms with Crippen molar-refractivity contribution in [2.75, 3.05) is 34.5 Å². The molecule has 0 aliphatic carbocycles. The Hall–Kier alpha value is -3.67. The summed E-state index contributed by atoms with van der Waals surface area (Å²) in [5.41, 5.74) is 1.80. The number of benzene rings is 3. The van der Waals surface area contributed by atoms with Gasteiger partial charge in [-0.2, -0.15) is 4.72 Å². The van der Waals surface area contributed by atoms with Crippen molar-refractivity contribution in [3.8, 4) is 11.5 Å². The fraction of sp³-hybridized carbons (Fsp3) is 0.357. The van der Waals surface area contributed by atoms with Crippen LogP contribution in [0, 0.1) is 0 Å². The first kappa shape index (κ1) is 29.9. The van der Waals surface area contributed by atoms with Crippen LogP contribution in [0.2, 0.25) is 0 Å². The number of nitrogens with one attached hydrogen (secondary N) is 1. The highest BCUT2D eigenvalue weighted by atomic mass is 32.2. The third kappa shape index (κ3) is 7.69. The first-order valence-corrected chi connectivity index (χ1v) is 13.8. The van der Waals surface area contributed by atoms with E-state index in [1.807, 2.05) is 30.3 Å². The van der Waals surface area contributed by atoms with Gasteiger partial charge in [-0.15, -0.1) is 0 Å². The van der Waals surface area contributed by atoms with Gasteiger partial charge < -0.3 is 24.1 Å². The van der Waals surface area contributed by atoms with Crippen LogP contribution in [-0.4, -0.2) is 66.0 Å². The van der Waals surface area contributed by atoms with Gasteiger partial charge in [0.05, 0.1) is 32.8 Å². The molecular formula is C28H33NO9S. The van der Waals surface area contributed by atoms with Crippen molar-refractivity contribution in [1.29, 1.82) is 0 Å². The lowest BCUT2D eigenvalue weighted by Crippen LogP contribution is -2.41. The minimum Gasteiger partial charge on any atom is -0.496 e. The molecular weight excluding hydrogens is 526 g/mol. The Kier molecular flexibility index (Phi) is 10.7. The average Bonchev–Trinajstić information content (AvgIpc) is 2.95. The van der Waals surface area contributed by atoms with Crippen LogP contribution in [0.1, 0.15) is 30.4 Å². The van der Waals surface area contributed by atoms with Crippen LogP contribution in [-0.2, 0) is 35.5 Å². The molecule has 0 fully saturated rings. The Morgan fingerprint density at radius 1 is 0.949 bits per heavy atom. The first-order chi connectivity index (χ1) is 18.7. The van der Waals surface area contributed by atoms with Crippen LogP contribution >= 0.6 is 0 Å². The van der Waals surface area contributed by atoms with Gasteiger partial charge in [-0.05, 0) is 48.2 Å². The Balaban J connectivity index is 1.85. The summed E-state index contributed by atoms with van der Waals surface area (Å²) in [6, 6.07) is 14.6. The summed E-state index contributed by atoms with van der Waals surface area (Å²) in [6.45, 7) is 0.384. The number of methoxy groups -OCH3 is 3. The lowest BCUT2D eigenvalue weighted by atomic mass is 9.97. The van der Waals surface area contributed by atoms with Crippen LogP contribution in [0.3, 0.4) is 0 Å². The predicted octanol–water partition coefficient (Wildman–Crippen LogP) is 2.97. The van der Waals surface area contributed by atoms with Crippen LogP contribution in [0.5, 0.6) is 11.5 Å². The molecule has 11 heteroatoms. The SMILES string of the molecule is COC(=O)CCC(NS(=O)(=O)c1ccc(Cc2ccc(OC)c3cccc(OCCCO)c23)cc1)C(=O)OC. The maximum absolute atomic E-state index is 13.0. The third-order valence-electron chi connectivity index (χ3n) is 6.10. The lowest BCUT2D eigenvalue weighted by molar-refractivity contribution is -0.144. The van der Waals surface area contributed by atoms with Gasteiger partial charge in [-0.3, -0.25) is 9.59 Å². The highest BCUT2D eigenvalue weighted by Gasteiger charge is 2.27. The molecule has 1 unspecified atom stereocenters. The number of aliphatic hydroxyl groups excluding tert-OH is 1. The van der Waals surface area contributed by atoms with E-state index in [0.29, 0.717) is 30.9 Å². The van der Waals surface area contributed by atoms with Crippen molar-refractivity contribution in [1.82, 2.24) is 4.72 Å². The van der Waals surface area contributed by atoms with Gasteiger partial charge in [0.2, 0.25) is 10.0 Å². The van der Waals surface area contributed by atoms with Crippen molar-refractivity contribution < 1.29 is 42.1 Å². The number of hydrogen-bond donors (Lipinski definition) is 2. The van der Waals surface area contributed by atoms with E-state index in [1.54, 1.807) is 19.2 Å². The second-order valence-corrected chi connectivity index (χ2v) is 10.4. The minimum absolute atomic E-state index is 0.0245. The largest absolute Gasteiger partial charge is 0.496 e. The van der Waals surface area contributed by atoms with Gasteiger partial charge in [0.15, 0.2) is 0 Å². The molecule has 3 rings (SSSR count). The summed E-state index contributed by atoms with van der Waals surface area (Å²) in [6.07, 6.45) is 0.723. The fourth-order valence-corrected chi connectivity index (χ4v) is 5.32. The summed E-state index contributed by atoms with van der Waals surface area (Å²) < 4.78 is 49.0. The number of carbonyl (C=O) groups excluding carboxylic acids is 2. The van der Waals surface area contributed by atoms with Gasteiger partial charge in [0.25, 0.3) is 0 Å². The molecule has 0 bridgehead atoms. The first-order valence-electron chi connectivity index (χ1n) is 12.3. The Morgan fingerprint density at radius 2 is 1.69 bits per heavy atom. The van der Waals surface area contributed by atoms with Gasteiger partial charge in [0.1, 0.15) is 17.5 Å². The van der Waals surface area contributed by atoms with Crippen molar-refractivity contribution in [3.05, 3.63) is 65.7 Å². The third-order valence-corrected chi connectivity index (χ3v) is 7.59.